The zero-order valence-electron chi connectivity index (χ0n) is 33.4. The molecular formula is C43H88N2O. The Bertz CT molecular complexity index is 655. The van der Waals surface area contributed by atoms with Gasteiger partial charge in [-0.2, -0.15) is 0 Å². The maximum atomic E-state index is 13.4. The molecular weight excluding hydrogens is 560 g/mol. The average molecular weight is 649 g/mol. The van der Waals surface area contributed by atoms with E-state index in [0.717, 1.165) is 13.0 Å². The van der Waals surface area contributed by atoms with Crippen LogP contribution < -0.4 is 0 Å². The zero-order valence-corrected chi connectivity index (χ0v) is 33.4. The van der Waals surface area contributed by atoms with Gasteiger partial charge in [0.05, 0.1) is 0 Å². The Morgan fingerprint density at radius 1 is 0.413 bits per heavy atom. The van der Waals surface area contributed by atoms with Crippen molar-refractivity contribution < 1.29 is 4.79 Å². The van der Waals surface area contributed by atoms with E-state index in [-0.39, 0.29) is 17.0 Å². The summed E-state index contributed by atoms with van der Waals surface area (Å²) in [4.78, 5) is 17.4. The van der Waals surface area contributed by atoms with E-state index in [4.69, 9.17) is 0 Å². The summed E-state index contributed by atoms with van der Waals surface area (Å²) in [6, 6.07) is 0.181. The summed E-state index contributed by atoms with van der Waals surface area (Å²) < 4.78 is 0. The lowest BCUT2D eigenvalue weighted by molar-refractivity contribution is 0.0212. The molecule has 0 bridgehead atoms. The number of carbonyl (C=O) groups is 1. The Balaban J connectivity index is 4.16. The molecule has 0 rings (SSSR count). The predicted molar refractivity (Wildman–Crippen MR) is 208 cm³/mol. The van der Waals surface area contributed by atoms with Crippen LogP contribution in [0, 0.1) is 5.41 Å². The fraction of sp³-hybridized carbons (Fsp3) is 0.977. The van der Waals surface area contributed by atoms with Gasteiger partial charge in [-0.1, -0.05) is 214 Å². The molecule has 0 aromatic heterocycles. The van der Waals surface area contributed by atoms with Crippen LogP contribution in [0.3, 0.4) is 0 Å². The van der Waals surface area contributed by atoms with Gasteiger partial charge in [0.15, 0.2) is 0 Å². The van der Waals surface area contributed by atoms with Crippen molar-refractivity contribution in [2.45, 2.75) is 246 Å². The Labute approximate surface area is 292 Å². The number of nitrogens with zero attached hydrogens (tertiary/aromatic N) is 2. The summed E-state index contributed by atoms with van der Waals surface area (Å²) in [5.41, 5.74) is -0.0781. The minimum atomic E-state index is -0.166. The van der Waals surface area contributed by atoms with Gasteiger partial charge in [-0.05, 0) is 32.1 Å². The Kier molecular flexibility index (Phi) is 29.9. The molecule has 2 amide bonds. The number of carbonyl (C=O) groups excluding carboxylic acids is 1. The van der Waals surface area contributed by atoms with E-state index in [2.05, 4.69) is 46.4 Å². The maximum absolute atomic E-state index is 13.4. The van der Waals surface area contributed by atoms with Gasteiger partial charge >= 0.3 is 6.03 Å². The molecule has 46 heavy (non-hydrogen) atoms. The highest BCUT2D eigenvalue weighted by Gasteiger charge is 2.43. The van der Waals surface area contributed by atoms with Crippen molar-refractivity contribution >= 4 is 6.03 Å². The second-order valence-corrected chi connectivity index (χ2v) is 16.4. The van der Waals surface area contributed by atoms with Crippen LogP contribution in [0.4, 0.5) is 4.79 Å². The van der Waals surface area contributed by atoms with Gasteiger partial charge in [-0.25, -0.2) is 4.79 Å². The highest BCUT2D eigenvalue weighted by Crippen LogP contribution is 2.41. The summed E-state index contributed by atoms with van der Waals surface area (Å²) in [5, 5.41) is 0. The average Bonchev–Trinajstić information content (AvgIpc) is 3.02. The molecule has 0 fully saturated rings. The lowest BCUT2D eigenvalue weighted by Gasteiger charge is -2.50. The lowest BCUT2D eigenvalue weighted by atomic mass is 9.70. The molecule has 0 spiro atoms. The van der Waals surface area contributed by atoms with E-state index in [1.807, 2.05) is 14.1 Å². The number of urea groups is 1. The third-order valence-corrected chi connectivity index (χ3v) is 11.3. The number of rotatable bonds is 34. The summed E-state index contributed by atoms with van der Waals surface area (Å²) in [5.74, 6) is 0. The van der Waals surface area contributed by atoms with Crippen LogP contribution in [-0.2, 0) is 0 Å². The fourth-order valence-corrected chi connectivity index (χ4v) is 7.11. The van der Waals surface area contributed by atoms with Crippen LogP contribution >= 0.6 is 0 Å². The van der Waals surface area contributed by atoms with Gasteiger partial charge in [0, 0.05) is 26.2 Å². The van der Waals surface area contributed by atoms with E-state index in [9.17, 15) is 4.79 Å². The standard InChI is InChI=1S/C43H88N2O/c1-9-11-13-15-17-19-21-23-25-26-28-30-32-34-36-38-40-45(41(46)44(7)8)43(5,6)42(3,4)39-37-35-33-31-29-27-24-22-20-18-16-14-12-10-2/h9-40H2,1-8H3. The molecule has 0 aliphatic heterocycles. The molecule has 0 saturated heterocycles. The van der Waals surface area contributed by atoms with Gasteiger partial charge in [0.1, 0.15) is 0 Å². The van der Waals surface area contributed by atoms with E-state index < -0.39 is 0 Å². The van der Waals surface area contributed by atoms with E-state index in [0.29, 0.717) is 0 Å². The highest BCUT2D eigenvalue weighted by molar-refractivity contribution is 5.74. The summed E-state index contributed by atoms with van der Waals surface area (Å²) in [6.45, 7) is 14.9. The largest absolute Gasteiger partial charge is 0.331 e. The number of amides is 2. The molecule has 3 heteroatoms. The Hall–Kier alpha value is -0.730. The molecule has 0 radical (unpaired) electrons. The maximum Gasteiger partial charge on any atom is 0.319 e. The summed E-state index contributed by atoms with van der Waals surface area (Å²) in [7, 11) is 3.83. The smallest absolute Gasteiger partial charge is 0.319 e. The normalized spacial score (nSPS) is 12.2. The number of hydrogen-bond donors (Lipinski definition) is 0. The Morgan fingerprint density at radius 2 is 0.674 bits per heavy atom. The molecule has 0 saturated carbocycles. The molecule has 0 aliphatic rings. The van der Waals surface area contributed by atoms with Crippen LogP contribution in [0.1, 0.15) is 241 Å². The monoisotopic (exact) mass is 649 g/mol. The van der Waals surface area contributed by atoms with Crippen molar-refractivity contribution in [2.75, 3.05) is 20.6 Å². The Morgan fingerprint density at radius 3 is 0.957 bits per heavy atom. The first-order valence-electron chi connectivity index (χ1n) is 21.1. The molecule has 0 aromatic rings. The molecule has 0 aliphatic carbocycles. The first-order valence-corrected chi connectivity index (χ1v) is 21.1. The summed E-state index contributed by atoms with van der Waals surface area (Å²) in [6.07, 6.45) is 42.9. The molecule has 0 N–H and O–H groups in total. The third-order valence-electron chi connectivity index (χ3n) is 11.3. The van der Waals surface area contributed by atoms with Crippen LogP contribution in [0.2, 0.25) is 0 Å². The first-order chi connectivity index (χ1) is 22.1. The van der Waals surface area contributed by atoms with Gasteiger partial charge in [0.25, 0.3) is 0 Å². The van der Waals surface area contributed by atoms with Crippen molar-refractivity contribution in [3.8, 4) is 0 Å². The highest BCUT2D eigenvalue weighted by atomic mass is 16.2. The van der Waals surface area contributed by atoms with Crippen LogP contribution in [0.25, 0.3) is 0 Å². The van der Waals surface area contributed by atoms with E-state index >= 15 is 0 Å². The SMILES string of the molecule is CCCCCCCCCCCCCCCCCCN(C(=O)N(C)C)C(C)(C)C(C)(C)CCCCCCCCCCCCCCCC. The second kappa shape index (κ2) is 30.3. The lowest BCUT2D eigenvalue weighted by Crippen LogP contribution is -2.58. The minimum absolute atomic E-state index is 0.0881. The fourth-order valence-electron chi connectivity index (χ4n) is 7.11. The summed E-state index contributed by atoms with van der Waals surface area (Å²) >= 11 is 0. The van der Waals surface area contributed by atoms with E-state index in [1.54, 1.807) is 4.90 Å². The molecule has 276 valence electrons. The second-order valence-electron chi connectivity index (χ2n) is 16.4. The first kappa shape index (κ1) is 45.3. The number of hydrogen-bond acceptors (Lipinski definition) is 1. The molecule has 0 aromatic carbocycles. The number of unbranched alkanes of at least 4 members (excludes halogenated alkanes) is 28. The topological polar surface area (TPSA) is 23.6 Å². The zero-order chi connectivity index (χ0) is 34.4. The predicted octanol–water partition coefficient (Wildman–Crippen LogP) is 14.9. The minimum Gasteiger partial charge on any atom is -0.331 e. The molecule has 0 unspecified atom stereocenters. The van der Waals surface area contributed by atoms with Crippen molar-refractivity contribution in [1.29, 1.82) is 0 Å². The van der Waals surface area contributed by atoms with Gasteiger partial charge in [-0.15, -0.1) is 0 Å². The van der Waals surface area contributed by atoms with Crippen LogP contribution in [0.5, 0.6) is 0 Å². The van der Waals surface area contributed by atoms with Crippen LogP contribution in [-0.4, -0.2) is 42.0 Å². The quantitative estimate of drug-likeness (QED) is 0.0637. The van der Waals surface area contributed by atoms with Crippen molar-refractivity contribution in [1.82, 2.24) is 9.80 Å². The van der Waals surface area contributed by atoms with Crippen molar-refractivity contribution in [3.05, 3.63) is 0 Å². The third kappa shape index (κ3) is 23.6. The van der Waals surface area contributed by atoms with E-state index in [1.165, 1.54) is 193 Å². The molecule has 3 nitrogen and oxygen atoms in total. The van der Waals surface area contributed by atoms with Crippen LogP contribution in [0.15, 0.2) is 0 Å². The molecule has 0 heterocycles. The van der Waals surface area contributed by atoms with Crippen molar-refractivity contribution in [2.24, 2.45) is 5.41 Å². The molecule has 0 atom stereocenters. The van der Waals surface area contributed by atoms with Gasteiger partial charge in [0.2, 0.25) is 0 Å². The van der Waals surface area contributed by atoms with Gasteiger partial charge in [-0.3, -0.25) is 0 Å². The van der Waals surface area contributed by atoms with Gasteiger partial charge < -0.3 is 9.80 Å². The van der Waals surface area contributed by atoms with Crippen molar-refractivity contribution in [3.63, 3.8) is 0 Å².